The van der Waals surface area contributed by atoms with Crippen LogP contribution in [0.5, 0.6) is 5.75 Å². The number of aromatic nitrogens is 2. The van der Waals surface area contributed by atoms with Crippen LogP contribution in [-0.4, -0.2) is 23.6 Å². The molecule has 0 saturated carbocycles. The predicted molar refractivity (Wildman–Crippen MR) is 81.6 cm³/mol. The van der Waals surface area contributed by atoms with Crippen molar-refractivity contribution in [1.29, 1.82) is 0 Å². The Morgan fingerprint density at radius 3 is 2.80 bits per heavy atom. The van der Waals surface area contributed by atoms with Gasteiger partial charge in [-0.2, -0.15) is 0 Å². The minimum Gasteiger partial charge on any atom is -0.496 e. The molecule has 0 aliphatic rings. The van der Waals surface area contributed by atoms with Gasteiger partial charge < -0.3 is 10.1 Å². The van der Waals surface area contributed by atoms with Crippen molar-refractivity contribution in [2.75, 3.05) is 19.0 Å². The Kier molecular flexibility index (Phi) is 5.18. The smallest absolute Gasteiger partial charge is 0.137 e. The fraction of sp³-hybridized carbons (Fsp3) is 0.333. The highest BCUT2D eigenvalue weighted by molar-refractivity contribution is 6.30. The standard InChI is InChI=1S/C15H18ClN3O/c1-3-12-14(16)18-10-19-15(12)17-9-8-11-6-4-5-7-13(11)20-2/h4-7,10H,3,8-9H2,1-2H3,(H,17,18,19). The van der Waals surface area contributed by atoms with Crippen molar-refractivity contribution in [1.82, 2.24) is 9.97 Å². The third kappa shape index (κ3) is 3.39. The molecule has 0 aliphatic carbocycles. The lowest BCUT2D eigenvalue weighted by Gasteiger charge is -2.12. The van der Waals surface area contributed by atoms with E-state index in [0.29, 0.717) is 5.15 Å². The second-order valence-electron chi connectivity index (χ2n) is 4.33. The normalized spacial score (nSPS) is 10.3. The van der Waals surface area contributed by atoms with Crippen LogP contribution in [0.4, 0.5) is 5.82 Å². The Morgan fingerprint density at radius 2 is 2.05 bits per heavy atom. The van der Waals surface area contributed by atoms with Gasteiger partial charge in [0.15, 0.2) is 0 Å². The highest BCUT2D eigenvalue weighted by Gasteiger charge is 2.08. The van der Waals surface area contributed by atoms with Gasteiger partial charge in [0.2, 0.25) is 0 Å². The predicted octanol–water partition coefficient (Wildman–Crippen LogP) is 3.36. The molecule has 0 radical (unpaired) electrons. The molecule has 0 bridgehead atoms. The Morgan fingerprint density at radius 1 is 1.25 bits per heavy atom. The summed E-state index contributed by atoms with van der Waals surface area (Å²) in [6.07, 6.45) is 3.14. The van der Waals surface area contributed by atoms with E-state index >= 15 is 0 Å². The number of para-hydroxylation sites is 1. The lowest BCUT2D eigenvalue weighted by molar-refractivity contribution is 0.410. The van der Waals surface area contributed by atoms with Gasteiger partial charge >= 0.3 is 0 Å². The third-order valence-corrected chi connectivity index (χ3v) is 3.45. The minimum absolute atomic E-state index is 0.516. The summed E-state index contributed by atoms with van der Waals surface area (Å²) in [5.74, 6) is 1.72. The van der Waals surface area contributed by atoms with E-state index < -0.39 is 0 Å². The van der Waals surface area contributed by atoms with Crippen molar-refractivity contribution in [3.8, 4) is 5.75 Å². The average Bonchev–Trinajstić information content (AvgIpc) is 2.48. The molecule has 5 heteroatoms. The number of halogens is 1. The fourth-order valence-corrected chi connectivity index (χ4v) is 2.35. The van der Waals surface area contributed by atoms with Gasteiger partial charge in [0.1, 0.15) is 23.0 Å². The van der Waals surface area contributed by atoms with Gasteiger partial charge in [-0.05, 0) is 24.5 Å². The molecule has 1 aromatic heterocycles. The maximum atomic E-state index is 6.06. The topological polar surface area (TPSA) is 47.0 Å². The molecule has 2 aromatic rings. The summed E-state index contributed by atoms with van der Waals surface area (Å²) in [7, 11) is 1.69. The molecule has 0 fully saturated rings. The van der Waals surface area contributed by atoms with Gasteiger partial charge in [0, 0.05) is 12.1 Å². The summed E-state index contributed by atoms with van der Waals surface area (Å²) in [5, 5.41) is 3.83. The van der Waals surface area contributed by atoms with E-state index in [-0.39, 0.29) is 0 Å². The Balaban J connectivity index is 2.01. The molecule has 0 unspecified atom stereocenters. The molecule has 0 atom stereocenters. The first-order valence-corrected chi connectivity index (χ1v) is 6.99. The number of ether oxygens (including phenoxy) is 1. The van der Waals surface area contributed by atoms with E-state index in [4.69, 9.17) is 16.3 Å². The maximum absolute atomic E-state index is 6.06. The zero-order valence-electron chi connectivity index (χ0n) is 11.7. The molecule has 2 rings (SSSR count). The zero-order chi connectivity index (χ0) is 14.4. The Hall–Kier alpha value is -1.81. The largest absolute Gasteiger partial charge is 0.496 e. The lowest BCUT2D eigenvalue weighted by Crippen LogP contribution is -2.09. The number of rotatable bonds is 6. The van der Waals surface area contributed by atoms with Crippen LogP contribution in [0, 0.1) is 0 Å². The summed E-state index contributed by atoms with van der Waals surface area (Å²) in [4.78, 5) is 8.24. The van der Waals surface area contributed by atoms with Crippen molar-refractivity contribution in [2.45, 2.75) is 19.8 Å². The zero-order valence-corrected chi connectivity index (χ0v) is 12.4. The molecule has 0 amide bonds. The first kappa shape index (κ1) is 14.6. The SMILES string of the molecule is CCc1c(Cl)ncnc1NCCc1ccccc1OC. The highest BCUT2D eigenvalue weighted by Crippen LogP contribution is 2.21. The second-order valence-corrected chi connectivity index (χ2v) is 4.69. The van der Waals surface area contributed by atoms with Crippen LogP contribution in [0.1, 0.15) is 18.1 Å². The first-order chi connectivity index (χ1) is 9.76. The highest BCUT2D eigenvalue weighted by atomic mass is 35.5. The van der Waals surface area contributed by atoms with Crippen molar-refractivity contribution in [3.05, 3.63) is 46.9 Å². The summed E-state index contributed by atoms with van der Waals surface area (Å²) < 4.78 is 5.34. The molecule has 0 spiro atoms. The summed E-state index contributed by atoms with van der Waals surface area (Å²) in [6.45, 7) is 2.80. The molecule has 1 heterocycles. The molecular formula is C15H18ClN3O. The van der Waals surface area contributed by atoms with Gasteiger partial charge in [0.05, 0.1) is 7.11 Å². The van der Waals surface area contributed by atoms with Crippen LogP contribution in [0.25, 0.3) is 0 Å². The van der Waals surface area contributed by atoms with Crippen molar-refractivity contribution >= 4 is 17.4 Å². The Bertz CT molecular complexity index is 575. The van der Waals surface area contributed by atoms with Crippen molar-refractivity contribution in [3.63, 3.8) is 0 Å². The van der Waals surface area contributed by atoms with E-state index in [9.17, 15) is 0 Å². The monoisotopic (exact) mass is 291 g/mol. The van der Waals surface area contributed by atoms with Gasteiger partial charge in [-0.15, -0.1) is 0 Å². The van der Waals surface area contributed by atoms with Crippen LogP contribution in [0.15, 0.2) is 30.6 Å². The molecule has 1 N–H and O–H groups in total. The molecule has 1 aromatic carbocycles. The van der Waals surface area contributed by atoms with Crippen LogP contribution >= 0.6 is 11.6 Å². The van der Waals surface area contributed by atoms with E-state index in [1.807, 2.05) is 25.1 Å². The summed E-state index contributed by atoms with van der Waals surface area (Å²) in [5.41, 5.74) is 2.12. The van der Waals surface area contributed by atoms with E-state index in [1.165, 1.54) is 11.9 Å². The second kappa shape index (κ2) is 7.10. The van der Waals surface area contributed by atoms with E-state index in [1.54, 1.807) is 7.11 Å². The van der Waals surface area contributed by atoms with Gasteiger partial charge in [-0.3, -0.25) is 0 Å². The van der Waals surface area contributed by atoms with Gasteiger partial charge in [-0.25, -0.2) is 9.97 Å². The molecule has 106 valence electrons. The molecule has 20 heavy (non-hydrogen) atoms. The third-order valence-electron chi connectivity index (χ3n) is 3.13. The fourth-order valence-electron chi connectivity index (χ4n) is 2.08. The van der Waals surface area contributed by atoms with Gasteiger partial charge in [-0.1, -0.05) is 36.7 Å². The molecule has 4 nitrogen and oxygen atoms in total. The van der Waals surface area contributed by atoms with Crippen LogP contribution < -0.4 is 10.1 Å². The number of benzene rings is 1. The number of methoxy groups -OCH3 is 1. The molecule has 0 aliphatic heterocycles. The van der Waals surface area contributed by atoms with Crippen LogP contribution in [-0.2, 0) is 12.8 Å². The summed E-state index contributed by atoms with van der Waals surface area (Å²) >= 11 is 6.06. The number of hydrogen-bond donors (Lipinski definition) is 1. The number of anilines is 1. The van der Waals surface area contributed by atoms with Crippen LogP contribution in [0.3, 0.4) is 0 Å². The van der Waals surface area contributed by atoms with E-state index in [2.05, 4.69) is 21.4 Å². The van der Waals surface area contributed by atoms with E-state index in [0.717, 1.165) is 36.5 Å². The van der Waals surface area contributed by atoms with Crippen LogP contribution in [0.2, 0.25) is 5.15 Å². The summed E-state index contributed by atoms with van der Waals surface area (Å²) in [6, 6.07) is 8.01. The quantitative estimate of drug-likeness (QED) is 0.829. The van der Waals surface area contributed by atoms with Crippen molar-refractivity contribution < 1.29 is 4.74 Å². The molecule has 0 saturated heterocycles. The number of hydrogen-bond acceptors (Lipinski definition) is 4. The van der Waals surface area contributed by atoms with Gasteiger partial charge in [0.25, 0.3) is 0 Å². The lowest BCUT2D eigenvalue weighted by atomic mass is 10.1. The molecular weight excluding hydrogens is 274 g/mol. The Labute approximate surface area is 124 Å². The first-order valence-electron chi connectivity index (χ1n) is 6.61. The minimum atomic E-state index is 0.516. The number of nitrogens with zero attached hydrogens (tertiary/aromatic N) is 2. The maximum Gasteiger partial charge on any atom is 0.137 e. The van der Waals surface area contributed by atoms with Crippen molar-refractivity contribution in [2.24, 2.45) is 0 Å². The average molecular weight is 292 g/mol. The number of nitrogens with one attached hydrogen (secondary N) is 1.